The van der Waals surface area contributed by atoms with Crippen LogP contribution in [0.25, 0.3) is 0 Å². The molecule has 7 nitrogen and oxygen atoms in total. The first-order valence-corrected chi connectivity index (χ1v) is 9.80. The van der Waals surface area contributed by atoms with Gasteiger partial charge in [0.25, 0.3) is 5.91 Å². The summed E-state index contributed by atoms with van der Waals surface area (Å²) in [6, 6.07) is 9.02. The van der Waals surface area contributed by atoms with E-state index in [1.807, 2.05) is 6.07 Å². The SMILES string of the molecule is COc1ccc(C(=O)NC[C@H]2[C@H]3CN(c4ncccn4)C[C@]34CC[C@H]2O4)cc1. The van der Waals surface area contributed by atoms with Crippen molar-refractivity contribution in [3.8, 4) is 5.75 Å². The minimum Gasteiger partial charge on any atom is -0.497 e. The van der Waals surface area contributed by atoms with Crippen molar-refractivity contribution >= 4 is 11.9 Å². The van der Waals surface area contributed by atoms with E-state index in [4.69, 9.17) is 9.47 Å². The molecule has 3 fully saturated rings. The number of anilines is 1. The molecule has 1 N–H and O–H groups in total. The van der Waals surface area contributed by atoms with Crippen LogP contribution in [-0.2, 0) is 4.74 Å². The summed E-state index contributed by atoms with van der Waals surface area (Å²) in [4.78, 5) is 23.6. The molecule has 0 saturated carbocycles. The summed E-state index contributed by atoms with van der Waals surface area (Å²) in [5.74, 6) is 2.17. The largest absolute Gasteiger partial charge is 0.497 e. The zero-order valence-electron chi connectivity index (χ0n) is 15.9. The van der Waals surface area contributed by atoms with Gasteiger partial charge in [-0.3, -0.25) is 4.79 Å². The zero-order valence-corrected chi connectivity index (χ0v) is 15.9. The van der Waals surface area contributed by atoms with Crippen molar-refractivity contribution in [3.63, 3.8) is 0 Å². The first kappa shape index (κ1) is 17.4. The van der Waals surface area contributed by atoms with Crippen LogP contribution >= 0.6 is 0 Å². The van der Waals surface area contributed by atoms with Crippen LogP contribution in [0.4, 0.5) is 5.95 Å². The van der Waals surface area contributed by atoms with Gasteiger partial charge in [-0.2, -0.15) is 0 Å². The standard InChI is InChI=1S/C21H24N4O3/c1-27-15-5-3-14(4-6-15)19(26)24-11-16-17-12-25(20-22-9-2-10-23-20)13-21(17)8-7-18(16)28-21/h2-6,9-10,16-18H,7-8,11-13H2,1H3,(H,24,26)/t16-,17+,18+,21+/m0/s1. The molecule has 3 aliphatic heterocycles. The van der Waals surface area contributed by atoms with Crippen LogP contribution in [0.3, 0.4) is 0 Å². The molecule has 1 spiro atoms. The second-order valence-corrected chi connectivity index (χ2v) is 7.90. The molecule has 1 aromatic heterocycles. The van der Waals surface area contributed by atoms with Gasteiger partial charge in [-0.25, -0.2) is 9.97 Å². The van der Waals surface area contributed by atoms with E-state index < -0.39 is 0 Å². The lowest BCUT2D eigenvalue weighted by Crippen LogP contribution is -2.41. The third-order valence-electron chi connectivity index (χ3n) is 6.47. The molecule has 0 unspecified atom stereocenters. The predicted octanol–water partition coefficient (Wildman–Crippen LogP) is 1.90. The Bertz CT molecular complexity index is 860. The maximum atomic E-state index is 12.6. The molecule has 0 radical (unpaired) electrons. The number of carbonyl (C=O) groups excluding carboxylic acids is 1. The molecule has 4 atom stereocenters. The van der Waals surface area contributed by atoms with Crippen LogP contribution in [0.15, 0.2) is 42.7 Å². The monoisotopic (exact) mass is 380 g/mol. The quantitative estimate of drug-likeness (QED) is 0.854. The number of hydrogen-bond acceptors (Lipinski definition) is 6. The maximum Gasteiger partial charge on any atom is 0.251 e. The number of ether oxygens (including phenoxy) is 2. The fraction of sp³-hybridized carbons (Fsp3) is 0.476. The van der Waals surface area contributed by atoms with Crippen molar-refractivity contribution in [1.29, 1.82) is 0 Å². The number of carbonyl (C=O) groups is 1. The molecule has 3 saturated heterocycles. The number of nitrogens with one attached hydrogen (secondary N) is 1. The first-order chi connectivity index (χ1) is 13.7. The Morgan fingerprint density at radius 3 is 2.86 bits per heavy atom. The van der Waals surface area contributed by atoms with E-state index in [1.165, 1.54) is 0 Å². The first-order valence-electron chi connectivity index (χ1n) is 9.80. The number of rotatable bonds is 5. The fourth-order valence-corrected chi connectivity index (χ4v) is 5.13. The summed E-state index contributed by atoms with van der Waals surface area (Å²) in [5, 5.41) is 3.12. The van der Waals surface area contributed by atoms with Crippen molar-refractivity contribution in [2.75, 3.05) is 31.6 Å². The topological polar surface area (TPSA) is 76.6 Å². The Hall–Kier alpha value is -2.67. The lowest BCUT2D eigenvalue weighted by Gasteiger charge is -2.29. The molecule has 1 amide bonds. The number of methoxy groups -OCH3 is 1. The average molecular weight is 380 g/mol. The van der Waals surface area contributed by atoms with Crippen LogP contribution < -0.4 is 15.0 Å². The highest BCUT2D eigenvalue weighted by atomic mass is 16.5. The Labute approximate surface area is 164 Å². The van der Waals surface area contributed by atoms with Gasteiger partial charge in [-0.15, -0.1) is 0 Å². The van der Waals surface area contributed by atoms with E-state index in [0.29, 0.717) is 23.9 Å². The number of fused-ring (bicyclic) bond motifs is 1. The highest BCUT2D eigenvalue weighted by Gasteiger charge is 2.63. The van der Waals surface area contributed by atoms with E-state index in [1.54, 1.807) is 43.8 Å². The van der Waals surface area contributed by atoms with Gasteiger partial charge < -0.3 is 19.7 Å². The Balaban J connectivity index is 1.27. The summed E-state index contributed by atoms with van der Waals surface area (Å²) < 4.78 is 11.6. The Morgan fingerprint density at radius 1 is 1.32 bits per heavy atom. The minimum absolute atomic E-state index is 0.0549. The molecule has 7 heteroatoms. The minimum atomic E-state index is -0.112. The van der Waals surface area contributed by atoms with Crippen LogP contribution in [0.2, 0.25) is 0 Å². The normalized spacial score (nSPS) is 30.3. The molecule has 3 aliphatic rings. The number of hydrogen-bond donors (Lipinski definition) is 1. The van der Waals surface area contributed by atoms with Gasteiger partial charge in [0.1, 0.15) is 5.75 Å². The maximum absolute atomic E-state index is 12.6. The smallest absolute Gasteiger partial charge is 0.251 e. The van der Waals surface area contributed by atoms with Crippen molar-refractivity contribution in [1.82, 2.24) is 15.3 Å². The molecular formula is C21H24N4O3. The molecule has 5 rings (SSSR count). The van der Waals surface area contributed by atoms with Gasteiger partial charge in [0.2, 0.25) is 5.95 Å². The predicted molar refractivity (Wildman–Crippen MR) is 103 cm³/mol. The van der Waals surface area contributed by atoms with Gasteiger partial charge in [0.05, 0.1) is 25.4 Å². The van der Waals surface area contributed by atoms with Gasteiger partial charge in [0.15, 0.2) is 0 Å². The number of nitrogens with zero attached hydrogens (tertiary/aromatic N) is 3. The number of benzene rings is 1. The molecule has 2 aromatic rings. The highest BCUT2D eigenvalue weighted by molar-refractivity contribution is 5.94. The summed E-state index contributed by atoms with van der Waals surface area (Å²) >= 11 is 0. The molecule has 4 heterocycles. The van der Waals surface area contributed by atoms with Gasteiger partial charge in [-0.1, -0.05) is 0 Å². The third-order valence-corrected chi connectivity index (χ3v) is 6.47. The second kappa shape index (κ2) is 6.74. The summed E-state index contributed by atoms with van der Waals surface area (Å²) in [6.45, 7) is 2.34. The summed E-state index contributed by atoms with van der Waals surface area (Å²) in [7, 11) is 1.62. The van der Waals surface area contributed by atoms with Crippen molar-refractivity contribution < 1.29 is 14.3 Å². The fourth-order valence-electron chi connectivity index (χ4n) is 5.13. The average Bonchev–Trinajstić information content (AvgIpc) is 3.41. The Kier molecular flexibility index (Phi) is 4.19. The Morgan fingerprint density at radius 2 is 2.11 bits per heavy atom. The van der Waals surface area contributed by atoms with E-state index in [2.05, 4.69) is 20.2 Å². The van der Waals surface area contributed by atoms with Crippen LogP contribution in [0, 0.1) is 11.8 Å². The van der Waals surface area contributed by atoms with E-state index in [9.17, 15) is 4.79 Å². The van der Waals surface area contributed by atoms with Crippen LogP contribution in [0.1, 0.15) is 23.2 Å². The highest BCUT2D eigenvalue weighted by Crippen LogP contribution is 2.54. The molecular weight excluding hydrogens is 356 g/mol. The second-order valence-electron chi connectivity index (χ2n) is 7.90. The van der Waals surface area contributed by atoms with Crippen molar-refractivity contribution in [3.05, 3.63) is 48.3 Å². The number of aromatic nitrogens is 2. The van der Waals surface area contributed by atoms with Gasteiger partial charge >= 0.3 is 0 Å². The summed E-state index contributed by atoms with van der Waals surface area (Å²) in [6.07, 6.45) is 5.93. The van der Waals surface area contributed by atoms with Crippen molar-refractivity contribution in [2.45, 2.75) is 24.5 Å². The van der Waals surface area contributed by atoms with Crippen LogP contribution in [0.5, 0.6) is 5.75 Å². The molecule has 28 heavy (non-hydrogen) atoms. The van der Waals surface area contributed by atoms with E-state index in [-0.39, 0.29) is 17.6 Å². The lowest BCUT2D eigenvalue weighted by molar-refractivity contribution is 0.0141. The van der Waals surface area contributed by atoms with E-state index in [0.717, 1.165) is 37.6 Å². The molecule has 2 bridgehead atoms. The van der Waals surface area contributed by atoms with Gasteiger partial charge in [0, 0.05) is 42.9 Å². The van der Waals surface area contributed by atoms with Crippen molar-refractivity contribution in [2.24, 2.45) is 11.8 Å². The zero-order chi connectivity index (χ0) is 19.1. The van der Waals surface area contributed by atoms with Gasteiger partial charge in [-0.05, 0) is 43.2 Å². The molecule has 0 aliphatic carbocycles. The molecule has 146 valence electrons. The third kappa shape index (κ3) is 2.81. The van der Waals surface area contributed by atoms with E-state index >= 15 is 0 Å². The number of amides is 1. The summed E-state index contributed by atoms with van der Waals surface area (Å²) in [5.41, 5.74) is 0.532. The van der Waals surface area contributed by atoms with Crippen LogP contribution in [-0.4, -0.2) is 54.3 Å². The lowest BCUT2D eigenvalue weighted by atomic mass is 9.73. The molecule has 1 aromatic carbocycles.